The molecule has 0 saturated carbocycles. The summed E-state index contributed by atoms with van der Waals surface area (Å²) >= 11 is 1.62. The Balaban J connectivity index is 2.54. The number of rotatable bonds is 2. The van der Waals surface area contributed by atoms with E-state index in [1.54, 1.807) is 17.6 Å². The van der Waals surface area contributed by atoms with E-state index in [0.29, 0.717) is 5.16 Å². The lowest BCUT2D eigenvalue weighted by Gasteiger charge is -2.01. The van der Waals surface area contributed by atoms with Crippen LogP contribution < -0.4 is 0 Å². The van der Waals surface area contributed by atoms with Crippen LogP contribution in [0.3, 0.4) is 0 Å². The van der Waals surface area contributed by atoms with E-state index in [-0.39, 0.29) is 0 Å². The van der Waals surface area contributed by atoms with E-state index < -0.39 is 10.8 Å². The first-order valence-electron chi connectivity index (χ1n) is 4.40. The fourth-order valence-electron chi connectivity index (χ4n) is 1.22. The molecule has 0 bridgehead atoms. The standard InChI is InChI=1S/C10H10N2OS2/c1-7-6-8(9-4-3-5-14-9)12-10(11-7)15(2)13/h3-6H,1-2H3. The lowest BCUT2D eigenvalue weighted by Crippen LogP contribution is -1.99. The lowest BCUT2D eigenvalue weighted by atomic mass is 10.3. The summed E-state index contributed by atoms with van der Waals surface area (Å²) < 4.78 is 11.3. The van der Waals surface area contributed by atoms with Crippen molar-refractivity contribution in [2.75, 3.05) is 6.26 Å². The van der Waals surface area contributed by atoms with Crippen LogP contribution in [-0.2, 0) is 10.8 Å². The van der Waals surface area contributed by atoms with Gasteiger partial charge in [0.2, 0.25) is 5.16 Å². The Kier molecular flexibility index (Phi) is 2.93. The Labute approximate surface area is 94.7 Å². The smallest absolute Gasteiger partial charge is 0.218 e. The quantitative estimate of drug-likeness (QED) is 0.754. The second-order valence-corrected chi connectivity index (χ2v) is 5.33. The largest absolute Gasteiger partial charge is 0.251 e. The Morgan fingerprint density at radius 1 is 1.40 bits per heavy atom. The van der Waals surface area contributed by atoms with Crippen LogP contribution >= 0.6 is 11.3 Å². The van der Waals surface area contributed by atoms with Crippen molar-refractivity contribution in [1.82, 2.24) is 9.97 Å². The van der Waals surface area contributed by atoms with E-state index in [1.807, 2.05) is 30.5 Å². The third kappa shape index (κ3) is 2.30. The van der Waals surface area contributed by atoms with Crippen molar-refractivity contribution in [2.24, 2.45) is 0 Å². The second-order valence-electron chi connectivity index (χ2n) is 3.11. The van der Waals surface area contributed by atoms with Gasteiger partial charge in [-0.1, -0.05) is 6.07 Å². The van der Waals surface area contributed by atoms with Gasteiger partial charge in [0.05, 0.1) is 21.4 Å². The Bertz CT molecular complexity index is 494. The van der Waals surface area contributed by atoms with Crippen molar-refractivity contribution in [1.29, 1.82) is 0 Å². The zero-order valence-corrected chi connectivity index (χ0v) is 10.1. The molecular weight excluding hydrogens is 228 g/mol. The van der Waals surface area contributed by atoms with E-state index >= 15 is 0 Å². The molecule has 0 N–H and O–H groups in total. The van der Waals surface area contributed by atoms with Crippen LogP contribution in [-0.4, -0.2) is 20.4 Å². The molecule has 0 aliphatic carbocycles. The van der Waals surface area contributed by atoms with Gasteiger partial charge in [-0.25, -0.2) is 9.97 Å². The number of nitrogens with zero attached hydrogens (tertiary/aromatic N) is 2. The zero-order chi connectivity index (χ0) is 10.8. The topological polar surface area (TPSA) is 42.9 Å². The molecule has 0 aromatic carbocycles. The summed E-state index contributed by atoms with van der Waals surface area (Å²) in [5, 5.41) is 2.40. The zero-order valence-electron chi connectivity index (χ0n) is 8.43. The van der Waals surface area contributed by atoms with E-state index in [1.165, 1.54) is 0 Å². The number of aromatic nitrogens is 2. The molecule has 0 amide bonds. The molecule has 3 nitrogen and oxygen atoms in total. The van der Waals surface area contributed by atoms with Gasteiger partial charge in [0.25, 0.3) is 0 Å². The predicted molar refractivity (Wildman–Crippen MR) is 62.4 cm³/mol. The summed E-state index contributed by atoms with van der Waals surface area (Å²) in [5.74, 6) is 0. The number of hydrogen-bond acceptors (Lipinski definition) is 4. The molecule has 0 aliphatic heterocycles. The monoisotopic (exact) mass is 238 g/mol. The van der Waals surface area contributed by atoms with Gasteiger partial charge in [-0.2, -0.15) is 0 Å². The molecule has 1 unspecified atom stereocenters. The lowest BCUT2D eigenvalue weighted by molar-refractivity contribution is 0.679. The van der Waals surface area contributed by atoms with Gasteiger partial charge in [-0.05, 0) is 24.4 Å². The molecule has 0 saturated heterocycles. The molecule has 0 fully saturated rings. The van der Waals surface area contributed by atoms with Crippen molar-refractivity contribution >= 4 is 22.1 Å². The normalized spacial score (nSPS) is 12.7. The Morgan fingerprint density at radius 3 is 2.80 bits per heavy atom. The van der Waals surface area contributed by atoms with E-state index in [9.17, 15) is 4.21 Å². The molecule has 15 heavy (non-hydrogen) atoms. The fourth-order valence-corrected chi connectivity index (χ4v) is 2.41. The van der Waals surface area contributed by atoms with Crippen LogP contribution in [0.1, 0.15) is 5.69 Å². The van der Waals surface area contributed by atoms with Crippen LogP contribution in [0.4, 0.5) is 0 Å². The molecule has 5 heteroatoms. The summed E-state index contributed by atoms with van der Waals surface area (Å²) in [6.07, 6.45) is 1.59. The minimum absolute atomic E-state index is 0.401. The fraction of sp³-hybridized carbons (Fsp3) is 0.200. The maximum Gasteiger partial charge on any atom is 0.218 e. The Hall–Kier alpha value is -1.07. The highest BCUT2D eigenvalue weighted by molar-refractivity contribution is 7.84. The average molecular weight is 238 g/mol. The third-order valence-corrected chi connectivity index (χ3v) is 3.45. The highest BCUT2D eigenvalue weighted by Crippen LogP contribution is 2.23. The van der Waals surface area contributed by atoms with Crippen LogP contribution in [0.2, 0.25) is 0 Å². The SMILES string of the molecule is Cc1cc(-c2cccs2)nc(S(C)=O)n1. The number of aryl methyl sites for hydroxylation is 1. The van der Waals surface area contributed by atoms with E-state index in [4.69, 9.17) is 0 Å². The van der Waals surface area contributed by atoms with Crippen molar-refractivity contribution < 1.29 is 4.21 Å². The summed E-state index contributed by atoms with van der Waals surface area (Å²) in [6, 6.07) is 5.87. The van der Waals surface area contributed by atoms with Gasteiger partial charge in [0, 0.05) is 11.9 Å². The molecule has 2 rings (SSSR count). The van der Waals surface area contributed by atoms with Gasteiger partial charge < -0.3 is 0 Å². The minimum Gasteiger partial charge on any atom is -0.251 e. The molecule has 2 heterocycles. The van der Waals surface area contributed by atoms with Crippen molar-refractivity contribution in [3.8, 4) is 10.6 Å². The number of thiophene rings is 1. The van der Waals surface area contributed by atoms with Crippen molar-refractivity contribution in [2.45, 2.75) is 12.1 Å². The molecule has 0 spiro atoms. The van der Waals surface area contributed by atoms with Gasteiger partial charge >= 0.3 is 0 Å². The number of hydrogen-bond donors (Lipinski definition) is 0. The van der Waals surface area contributed by atoms with Crippen LogP contribution in [0, 0.1) is 6.92 Å². The van der Waals surface area contributed by atoms with E-state index in [0.717, 1.165) is 16.3 Å². The summed E-state index contributed by atoms with van der Waals surface area (Å²) in [5.41, 5.74) is 1.70. The molecule has 0 aliphatic rings. The maximum absolute atomic E-state index is 11.3. The second kappa shape index (κ2) is 4.20. The first kappa shape index (κ1) is 10.4. The molecule has 2 aromatic heterocycles. The maximum atomic E-state index is 11.3. The first-order valence-corrected chi connectivity index (χ1v) is 6.83. The highest BCUT2D eigenvalue weighted by atomic mass is 32.2. The first-order chi connectivity index (χ1) is 7.16. The van der Waals surface area contributed by atoms with Gasteiger partial charge in [0.1, 0.15) is 0 Å². The van der Waals surface area contributed by atoms with E-state index in [2.05, 4.69) is 9.97 Å². The minimum atomic E-state index is -1.13. The molecule has 2 aromatic rings. The summed E-state index contributed by atoms with van der Waals surface area (Å²) in [6.45, 7) is 1.88. The third-order valence-electron chi connectivity index (χ3n) is 1.86. The summed E-state index contributed by atoms with van der Waals surface area (Å²) in [7, 11) is -1.13. The van der Waals surface area contributed by atoms with Crippen molar-refractivity contribution in [3.05, 3.63) is 29.3 Å². The van der Waals surface area contributed by atoms with Crippen LogP contribution in [0.25, 0.3) is 10.6 Å². The highest BCUT2D eigenvalue weighted by Gasteiger charge is 2.07. The molecule has 0 radical (unpaired) electrons. The van der Waals surface area contributed by atoms with Gasteiger partial charge in [-0.3, -0.25) is 4.21 Å². The molecule has 78 valence electrons. The van der Waals surface area contributed by atoms with Gasteiger partial charge in [-0.15, -0.1) is 11.3 Å². The molecular formula is C10H10N2OS2. The Morgan fingerprint density at radius 2 is 2.20 bits per heavy atom. The summed E-state index contributed by atoms with van der Waals surface area (Å²) in [4.78, 5) is 9.49. The molecule has 1 atom stereocenters. The van der Waals surface area contributed by atoms with Gasteiger partial charge in [0.15, 0.2) is 0 Å². The van der Waals surface area contributed by atoms with Crippen LogP contribution in [0.5, 0.6) is 0 Å². The average Bonchev–Trinajstić information content (AvgIpc) is 2.69. The van der Waals surface area contributed by atoms with Crippen molar-refractivity contribution in [3.63, 3.8) is 0 Å². The van der Waals surface area contributed by atoms with Crippen LogP contribution in [0.15, 0.2) is 28.7 Å². The predicted octanol–water partition coefficient (Wildman–Crippen LogP) is 2.25.